The minimum absolute atomic E-state index is 0.260. The second-order valence-electron chi connectivity index (χ2n) is 4.08. The van der Waals surface area contributed by atoms with Gasteiger partial charge in [-0.2, -0.15) is 0 Å². The van der Waals surface area contributed by atoms with Crippen LogP contribution in [0.25, 0.3) is 0 Å². The van der Waals surface area contributed by atoms with Crippen molar-refractivity contribution >= 4 is 0 Å². The zero-order valence-electron chi connectivity index (χ0n) is 9.40. The van der Waals surface area contributed by atoms with Crippen molar-refractivity contribution in [2.24, 2.45) is 5.92 Å². The normalized spacial score (nSPS) is 20.1. The highest BCUT2D eigenvalue weighted by atomic mass is 16.5. The molecule has 84 valence electrons. The summed E-state index contributed by atoms with van der Waals surface area (Å²) in [5.41, 5.74) is 1.18. The molecule has 1 aromatic rings. The summed E-state index contributed by atoms with van der Waals surface area (Å²) in [5, 5.41) is 3.33. The Morgan fingerprint density at radius 3 is 2.87 bits per heavy atom. The first-order chi connectivity index (χ1) is 7.36. The van der Waals surface area contributed by atoms with Gasteiger partial charge in [-0.25, -0.2) is 0 Å². The van der Waals surface area contributed by atoms with Gasteiger partial charge in [0.15, 0.2) is 0 Å². The van der Waals surface area contributed by atoms with E-state index in [2.05, 4.69) is 12.2 Å². The molecule has 1 heterocycles. The van der Waals surface area contributed by atoms with Gasteiger partial charge in [0, 0.05) is 12.2 Å². The predicted molar refractivity (Wildman–Crippen MR) is 58.6 cm³/mol. The smallest absolute Gasteiger partial charge is 0.0951 e. The van der Waals surface area contributed by atoms with Crippen LogP contribution < -0.4 is 5.32 Å². The van der Waals surface area contributed by atoms with Gasteiger partial charge in [-0.05, 0) is 38.8 Å². The van der Waals surface area contributed by atoms with Crippen LogP contribution in [0.2, 0.25) is 0 Å². The monoisotopic (exact) mass is 209 g/mol. The third kappa shape index (κ3) is 2.41. The number of nitrogens with one attached hydrogen (secondary N) is 1. The molecule has 1 saturated carbocycles. The molecular formula is C12H19NO2. The molecule has 3 nitrogen and oxygen atoms in total. The Morgan fingerprint density at radius 2 is 2.40 bits per heavy atom. The Kier molecular flexibility index (Phi) is 3.44. The molecule has 2 rings (SSSR count). The van der Waals surface area contributed by atoms with Crippen molar-refractivity contribution in [3.63, 3.8) is 0 Å². The van der Waals surface area contributed by atoms with Crippen molar-refractivity contribution in [1.82, 2.24) is 5.32 Å². The lowest BCUT2D eigenvalue weighted by molar-refractivity contribution is 0.0203. The number of rotatable bonds is 6. The predicted octanol–water partition coefficient (Wildman–Crippen LogP) is 2.36. The van der Waals surface area contributed by atoms with Crippen molar-refractivity contribution in [3.05, 3.63) is 24.2 Å². The second-order valence-corrected chi connectivity index (χ2v) is 4.08. The molecular weight excluding hydrogens is 190 g/mol. The summed E-state index contributed by atoms with van der Waals surface area (Å²) in [6.07, 6.45) is 6.39. The molecule has 3 heteroatoms. The maximum atomic E-state index is 5.84. The molecule has 2 unspecified atom stereocenters. The molecule has 15 heavy (non-hydrogen) atoms. The molecule has 1 N–H and O–H groups in total. The fourth-order valence-corrected chi connectivity index (χ4v) is 2.09. The van der Waals surface area contributed by atoms with E-state index < -0.39 is 0 Å². The summed E-state index contributed by atoms with van der Waals surface area (Å²) in [6.45, 7) is 2.83. The van der Waals surface area contributed by atoms with Crippen LogP contribution in [-0.2, 0) is 4.74 Å². The first-order valence-electron chi connectivity index (χ1n) is 5.67. The molecule has 0 saturated heterocycles. The van der Waals surface area contributed by atoms with Gasteiger partial charge in [0.1, 0.15) is 0 Å². The lowest BCUT2D eigenvalue weighted by atomic mass is 10.0. The molecule has 0 amide bonds. The highest BCUT2D eigenvalue weighted by molar-refractivity contribution is 5.14. The number of likely N-dealkylation sites (N-methyl/N-ethyl adjacent to an activating group) is 1. The zero-order chi connectivity index (χ0) is 10.7. The summed E-state index contributed by atoms with van der Waals surface area (Å²) in [5.74, 6) is 0.720. The van der Waals surface area contributed by atoms with Gasteiger partial charge in [0.05, 0.1) is 24.7 Å². The fourth-order valence-electron chi connectivity index (χ4n) is 2.09. The second kappa shape index (κ2) is 4.81. The van der Waals surface area contributed by atoms with Crippen LogP contribution in [-0.4, -0.2) is 19.8 Å². The largest absolute Gasteiger partial charge is 0.472 e. The summed E-state index contributed by atoms with van der Waals surface area (Å²) >= 11 is 0. The maximum Gasteiger partial charge on any atom is 0.0951 e. The maximum absolute atomic E-state index is 5.84. The Labute approximate surface area is 90.8 Å². The van der Waals surface area contributed by atoms with E-state index in [0.717, 1.165) is 12.5 Å². The molecule has 0 bridgehead atoms. The number of hydrogen-bond acceptors (Lipinski definition) is 3. The molecule has 1 fully saturated rings. The molecule has 1 aliphatic carbocycles. The van der Waals surface area contributed by atoms with Crippen LogP contribution in [0.1, 0.15) is 31.4 Å². The molecule has 0 aromatic carbocycles. The number of hydrogen-bond donors (Lipinski definition) is 1. The Morgan fingerprint density at radius 1 is 1.60 bits per heavy atom. The van der Waals surface area contributed by atoms with Gasteiger partial charge in [-0.1, -0.05) is 0 Å². The number of furan rings is 1. The van der Waals surface area contributed by atoms with Gasteiger partial charge >= 0.3 is 0 Å². The fraction of sp³-hybridized carbons (Fsp3) is 0.667. The third-order valence-electron chi connectivity index (χ3n) is 2.99. The van der Waals surface area contributed by atoms with Crippen molar-refractivity contribution in [2.45, 2.75) is 31.9 Å². The van der Waals surface area contributed by atoms with E-state index in [1.165, 1.54) is 18.4 Å². The van der Waals surface area contributed by atoms with Gasteiger partial charge in [0.25, 0.3) is 0 Å². The van der Waals surface area contributed by atoms with Crippen LogP contribution in [0.5, 0.6) is 0 Å². The molecule has 0 aliphatic heterocycles. The van der Waals surface area contributed by atoms with Crippen LogP contribution in [0, 0.1) is 5.92 Å². The molecule has 2 atom stereocenters. The topological polar surface area (TPSA) is 34.4 Å². The third-order valence-corrected chi connectivity index (χ3v) is 2.99. The molecule has 1 aromatic heterocycles. The minimum Gasteiger partial charge on any atom is -0.472 e. The van der Waals surface area contributed by atoms with E-state index in [1.807, 2.05) is 13.1 Å². The first-order valence-corrected chi connectivity index (χ1v) is 5.67. The van der Waals surface area contributed by atoms with E-state index in [4.69, 9.17) is 9.15 Å². The average molecular weight is 209 g/mol. The summed E-state index contributed by atoms with van der Waals surface area (Å²) < 4.78 is 11.0. The van der Waals surface area contributed by atoms with Crippen molar-refractivity contribution in [2.75, 3.05) is 13.7 Å². The van der Waals surface area contributed by atoms with Crippen LogP contribution in [0.3, 0.4) is 0 Å². The SMILES string of the molecule is CCOC(C1CC1)C(NC)c1ccoc1. The zero-order valence-corrected chi connectivity index (χ0v) is 9.40. The van der Waals surface area contributed by atoms with Crippen molar-refractivity contribution in [3.8, 4) is 0 Å². The van der Waals surface area contributed by atoms with E-state index in [0.29, 0.717) is 0 Å². The van der Waals surface area contributed by atoms with Gasteiger partial charge in [-0.3, -0.25) is 0 Å². The van der Waals surface area contributed by atoms with Crippen LogP contribution in [0.15, 0.2) is 23.0 Å². The Balaban J connectivity index is 2.08. The molecule has 0 spiro atoms. The quantitative estimate of drug-likeness (QED) is 0.781. The van der Waals surface area contributed by atoms with E-state index in [9.17, 15) is 0 Å². The van der Waals surface area contributed by atoms with Gasteiger partial charge in [0.2, 0.25) is 0 Å². The summed E-state index contributed by atoms with van der Waals surface area (Å²) in [7, 11) is 1.98. The van der Waals surface area contributed by atoms with Crippen molar-refractivity contribution in [1.29, 1.82) is 0 Å². The summed E-state index contributed by atoms with van der Waals surface area (Å²) in [6, 6.07) is 2.27. The van der Waals surface area contributed by atoms with E-state index in [-0.39, 0.29) is 12.1 Å². The van der Waals surface area contributed by atoms with Crippen molar-refractivity contribution < 1.29 is 9.15 Å². The van der Waals surface area contributed by atoms with E-state index >= 15 is 0 Å². The van der Waals surface area contributed by atoms with Gasteiger partial charge < -0.3 is 14.5 Å². The highest BCUT2D eigenvalue weighted by Gasteiger charge is 2.37. The minimum atomic E-state index is 0.260. The first kappa shape index (κ1) is 10.7. The van der Waals surface area contributed by atoms with Crippen LogP contribution in [0.4, 0.5) is 0 Å². The average Bonchev–Trinajstić information content (AvgIpc) is 2.96. The number of ether oxygens (including phenoxy) is 1. The van der Waals surface area contributed by atoms with E-state index in [1.54, 1.807) is 12.5 Å². The summed E-state index contributed by atoms with van der Waals surface area (Å²) in [4.78, 5) is 0. The molecule has 1 aliphatic rings. The standard InChI is InChI=1S/C12H19NO2/c1-3-15-12(9-4-5-9)11(13-2)10-6-7-14-8-10/h6-9,11-13H,3-5H2,1-2H3. The van der Waals surface area contributed by atoms with Crippen LogP contribution >= 0.6 is 0 Å². The highest BCUT2D eigenvalue weighted by Crippen LogP contribution is 2.39. The lowest BCUT2D eigenvalue weighted by Gasteiger charge is -2.25. The Bertz CT molecular complexity index is 280. The Hall–Kier alpha value is -0.800. The lowest BCUT2D eigenvalue weighted by Crippen LogP contribution is -2.33. The molecule has 0 radical (unpaired) electrons. The van der Waals surface area contributed by atoms with Gasteiger partial charge in [-0.15, -0.1) is 0 Å².